The van der Waals surface area contributed by atoms with Gasteiger partial charge in [0.05, 0.1) is 5.69 Å². The van der Waals surface area contributed by atoms with E-state index in [1.807, 2.05) is 6.07 Å². The van der Waals surface area contributed by atoms with Crippen LogP contribution in [0.1, 0.15) is 34.8 Å². The maximum absolute atomic E-state index is 13.3. The van der Waals surface area contributed by atoms with Gasteiger partial charge < -0.3 is 10.6 Å². The Morgan fingerprint density at radius 2 is 1.62 bits per heavy atom. The minimum atomic E-state index is -1.23. The quantitative estimate of drug-likeness (QED) is 0.392. The van der Waals surface area contributed by atoms with Crippen LogP contribution < -0.4 is 10.6 Å². The van der Waals surface area contributed by atoms with Crippen LogP contribution in [-0.2, 0) is 15.1 Å². The van der Waals surface area contributed by atoms with E-state index in [9.17, 15) is 19.2 Å². The van der Waals surface area contributed by atoms with Crippen LogP contribution in [0.15, 0.2) is 78.9 Å². The van der Waals surface area contributed by atoms with Crippen LogP contribution in [0.2, 0.25) is 5.02 Å². The molecule has 1 atom stereocenters. The van der Waals surface area contributed by atoms with Crippen molar-refractivity contribution in [1.29, 1.82) is 0 Å². The molecule has 4 rings (SSSR count). The van der Waals surface area contributed by atoms with Gasteiger partial charge in [0.25, 0.3) is 5.91 Å². The first-order valence-corrected chi connectivity index (χ1v) is 11.1. The van der Waals surface area contributed by atoms with Gasteiger partial charge in [-0.25, -0.2) is 4.79 Å². The highest BCUT2D eigenvalue weighted by Gasteiger charge is 2.51. The predicted octanol–water partition coefficient (Wildman–Crippen LogP) is 4.37. The second kappa shape index (κ2) is 9.49. The summed E-state index contributed by atoms with van der Waals surface area (Å²) in [5.41, 5.74) is 0.293. The molecule has 0 unspecified atom stereocenters. The van der Waals surface area contributed by atoms with Gasteiger partial charge in [0, 0.05) is 16.1 Å². The minimum absolute atomic E-state index is 0.205. The van der Waals surface area contributed by atoms with E-state index in [-0.39, 0.29) is 17.0 Å². The molecular formula is C26H22ClN3O4. The summed E-state index contributed by atoms with van der Waals surface area (Å²) in [4.78, 5) is 52.7. The largest absolute Gasteiger partial charge is 0.325 e. The highest BCUT2D eigenvalue weighted by atomic mass is 35.5. The number of hydrogen-bond acceptors (Lipinski definition) is 4. The van der Waals surface area contributed by atoms with Gasteiger partial charge in [0.15, 0.2) is 5.78 Å². The molecule has 3 aromatic rings. The van der Waals surface area contributed by atoms with Crippen LogP contribution in [0.4, 0.5) is 10.5 Å². The Kier molecular flexibility index (Phi) is 6.47. The standard InChI is InChI=1S/C26H22ClN3O4/c1-2-26(18-11-7-4-8-12-18)24(33)30(25(34)29-26)16-22(31)28-21-14-13-19(27)15-20(21)23(32)17-9-5-3-6-10-17/h3-15H,2,16H2,1H3,(H,28,31)(H,29,34)/t26-/m0/s1. The summed E-state index contributed by atoms with van der Waals surface area (Å²) in [6.07, 6.45) is 0.326. The summed E-state index contributed by atoms with van der Waals surface area (Å²) in [7, 11) is 0. The van der Waals surface area contributed by atoms with Crippen LogP contribution in [0.25, 0.3) is 0 Å². The highest BCUT2D eigenvalue weighted by molar-refractivity contribution is 6.31. The Balaban J connectivity index is 1.55. The Morgan fingerprint density at radius 1 is 0.971 bits per heavy atom. The van der Waals surface area contributed by atoms with Gasteiger partial charge in [-0.05, 0) is 30.2 Å². The monoisotopic (exact) mass is 475 g/mol. The zero-order valence-electron chi connectivity index (χ0n) is 18.4. The number of halogens is 1. The third-order valence-electron chi connectivity index (χ3n) is 5.81. The molecule has 172 valence electrons. The molecule has 0 saturated carbocycles. The van der Waals surface area contributed by atoms with Gasteiger partial charge >= 0.3 is 6.03 Å². The topological polar surface area (TPSA) is 95.6 Å². The summed E-state index contributed by atoms with van der Waals surface area (Å²) in [5.74, 6) is -1.44. The lowest BCUT2D eigenvalue weighted by Gasteiger charge is -2.25. The van der Waals surface area contributed by atoms with E-state index in [0.717, 1.165) is 4.90 Å². The van der Waals surface area contributed by atoms with E-state index in [1.165, 1.54) is 12.1 Å². The lowest BCUT2D eigenvalue weighted by atomic mass is 9.87. The highest BCUT2D eigenvalue weighted by Crippen LogP contribution is 2.32. The molecule has 0 aliphatic carbocycles. The number of rotatable bonds is 7. The summed E-state index contributed by atoms with van der Waals surface area (Å²) in [6.45, 7) is 1.30. The summed E-state index contributed by atoms with van der Waals surface area (Å²) >= 11 is 6.10. The van der Waals surface area contributed by atoms with Crippen molar-refractivity contribution in [1.82, 2.24) is 10.2 Å². The van der Waals surface area contributed by atoms with Crippen molar-refractivity contribution < 1.29 is 19.2 Å². The average molecular weight is 476 g/mol. The molecule has 4 amide bonds. The summed E-state index contributed by atoms with van der Waals surface area (Å²) in [6, 6.07) is 21.4. The molecular weight excluding hydrogens is 454 g/mol. The fraction of sp³-hybridized carbons (Fsp3) is 0.154. The molecule has 7 nitrogen and oxygen atoms in total. The number of nitrogens with zero attached hydrogens (tertiary/aromatic N) is 1. The number of nitrogens with one attached hydrogen (secondary N) is 2. The predicted molar refractivity (Wildman–Crippen MR) is 129 cm³/mol. The lowest BCUT2D eigenvalue weighted by molar-refractivity contribution is -0.134. The Bertz CT molecular complexity index is 1260. The SMILES string of the molecule is CC[C@@]1(c2ccccc2)NC(=O)N(CC(=O)Nc2ccc(Cl)cc2C(=O)c2ccccc2)C1=O. The van der Waals surface area contributed by atoms with Gasteiger partial charge in [-0.2, -0.15) is 0 Å². The zero-order valence-corrected chi connectivity index (χ0v) is 19.1. The van der Waals surface area contributed by atoms with Crippen molar-refractivity contribution in [3.05, 3.63) is 101 Å². The molecule has 1 fully saturated rings. The van der Waals surface area contributed by atoms with Crippen molar-refractivity contribution in [2.75, 3.05) is 11.9 Å². The van der Waals surface area contributed by atoms with Crippen molar-refractivity contribution >= 4 is 40.9 Å². The molecule has 2 N–H and O–H groups in total. The Morgan fingerprint density at radius 3 is 2.26 bits per heavy atom. The molecule has 1 heterocycles. The third-order valence-corrected chi connectivity index (χ3v) is 6.05. The minimum Gasteiger partial charge on any atom is -0.324 e. The van der Waals surface area contributed by atoms with E-state index >= 15 is 0 Å². The fourth-order valence-electron chi connectivity index (χ4n) is 4.02. The maximum Gasteiger partial charge on any atom is 0.325 e. The van der Waals surface area contributed by atoms with Gasteiger partial charge in [-0.1, -0.05) is 79.2 Å². The first kappa shape index (κ1) is 23.2. The average Bonchev–Trinajstić information content (AvgIpc) is 3.11. The molecule has 3 aromatic carbocycles. The Labute approximate surface area is 201 Å². The van der Waals surface area contributed by atoms with Gasteiger partial charge in [-0.3, -0.25) is 19.3 Å². The van der Waals surface area contributed by atoms with E-state index in [1.54, 1.807) is 67.6 Å². The lowest BCUT2D eigenvalue weighted by Crippen LogP contribution is -2.44. The second-order valence-electron chi connectivity index (χ2n) is 7.88. The molecule has 1 aliphatic rings. The van der Waals surface area contributed by atoms with Crippen molar-refractivity contribution in [2.45, 2.75) is 18.9 Å². The number of ketones is 1. The molecule has 1 saturated heterocycles. The van der Waals surface area contributed by atoms with Gasteiger partial charge in [0.2, 0.25) is 5.91 Å². The van der Waals surface area contributed by atoms with E-state index in [0.29, 0.717) is 22.6 Å². The number of imide groups is 1. The van der Waals surface area contributed by atoms with E-state index < -0.39 is 29.9 Å². The third kappa shape index (κ3) is 4.30. The Hall–Kier alpha value is -3.97. The van der Waals surface area contributed by atoms with Crippen LogP contribution in [-0.4, -0.2) is 35.1 Å². The first-order valence-electron chi connectivity index (χ1n) is 10.7. The molecule has 0 bridgehead atoms. The number of carbonyl (C=O) groups is 4. The van der Waals surface area contributed by atoms with E-state index in [2.05, 4.69) is 10.6 Å². The number of hydrogen-bond donors (Lipinski definition) is 2. The van der Waals surface area contributed by atoms with Crippen molar-refractivity contribution in [3.63, 3.8) is 0 Å². The molecule has 0 aromatic heterocycles. The van der Waals surface area contributed by atoms with Crippen LogP contribution >= 0.6 is 11.6 Å². The van der Waals surface area contributed by atoms with Crippen LogP contribution in [0.5, 0.6) is 0 Å². The van der Waals surface area contributed by atoms with Gasteiger partial charge in [0.1, 0.15) is 12.1 Å². The maximum atomic E-state index is 13.3. The number of amides is 4. The van der Waals surface area contributed by atoms with E-state index in [4.69, 9.17) is 11.6 Å². The van der Waals surface area contributed by atoms with Crippen molar-refractivity contribution in [3.8, 4) is 0 Å². The normalized spacial score (nSPS) is 17.4. The second-order valence-corrected chi connectivity index (χ2v) is 8.32. The van der Waals surface area contributed by atoms with Crippen molar-refractivity contribution in [2.24, 2.45) is 0 Å². The molecule has 1 aliphatic heterocycles. The van der Waals surface area contributed by atoms with Crippen LogP contribution in [0, 0.1) is 0 Å². The first-order chi connectivity index (χ1) is 16.4. The fourth-order valence-corrected chi connectivity index (χ4v) is 4.20. The number of carbonyl (C=O) groups excluding carboxylic acids is 4. The summed E-state index contributed by atoms with van der Waals surface area (Å²) in [5, 5.41) is 5.73. The number of urea groups is 1. The summed E-state index contributed by atoms with van der Waals surface area (Å²) < 4.78 is 0. The smallest absolute Gasteiger partial charge is 0.324 e. The number of anilines is 1. The van der Waals surface area contributed by atoms with Gasteiger partial charge in [-0.15, -0.1) is 0 Å². The zero-order chi connectivity index (χ0) is 24.3. The molecule has 0 spiro atoms. The molecule has 8 heteroatoms. The molecule has 34 heavy (non-hydrogen) atoms. The molecule has 0 radical (unpaired) electrons. The van der Waals surface area contributed by atoms with Crippen LogP contribution in [0.3, 0.4) is 0 Å². The number of benzene rings is 3.